The molecule has 24 heavy (non-hydrogen) atoms. The highest BCUT2D eigenvalue weighted by molar-refractivity contribution is 7.10. The Morgan fingerprint density at radius 1 is 1.50 bits per heavy atom. The summed E-state index contributed by atoms with van der Waals surface area (Å²) >= 11 is 6.82. The Labute approximate surface area is 147 Å². The fraction of sp³-hybridized carbons (Fsp3) is 0.643. The first-order valence-electron chi connectivity index (χ1n) is 7.70. The molecule has 1 saturated heterocycles. The van der Waals surface area contributed by atoms with Crippen molar-refractivity contribution in [2.45, 2.75) is 44.8 Å². The van der Waals surface area contributed by atoms with Crippen LogP contribution < -0.4 is 5.32 Å². The van der Waals surface area contributed by atoms with E-state index in [-0.39, 0.29) is 18.4 Å². The first-order chi connectivity index (χ1) is 11.4. The molecule has 3 rings (SSSR count). The van der Waals surface area contributed by atoms with Crippen molar-refractivity contribution in [2.24, 2.45) is 5.92 Å². The minimum atomic E-state index is -0.877. The number of esters is 1. The molecule has 0 bridgehead atoms. The summed E-state index contributed by atoms with van der Waals surface area (Å²) in [5.74, 6) is -0.989. The number of aromatic nitrogens is 2. The van der Waals surface area contributed by atoms with E-state index in [1.54, 1.807) is 0 Å². The van der Waals surface area contributed by atoms with Crippen LogP contribution >= 0.6 is 23.1 Å². The zero-order chi connectivity index (χ0) is 17.3. The van der Waals surface area contributed by atoms with E-state index in [0.717, 1.165) is 35.7 Å². The van der Waals surface area contributed by atoms with Gasteiger partial charge < -0.3 is 10.1 Å². The van der Waals surface area contributed by atoms with Crippen LogP contribution in [-0.4, -0.2) is 44.5 Å². The Bertz CT molecular complexity index is 681. The minimum Gasteiger partial charge on any atom is -0.458 e. The molecule has 1 N–H and O–H groups in total. The summed E-state index contributed by atoms with van der Waals surface area (Å²) in [5.41, 5.74) is -0.526. The first-order valence-corrected chi connectivity index (χ1v) is 8.85. The van der Waals surface area contributed by atoms with Gasteiger partial charge in [0.15, 0.2) is 0 Å². The molecule has 2 heterocycles. The van der Waals surface area contributed by atoms with Crippen LogP contribution in [0, 0.1) is 5.92 Å². The molecule has 3 amide bonds. The van der Waals surface area contributed by atoms with Crippen molar-refractivity contribution in [2.75, 3.05) is 6.54 Å². The second-order valence-electron chi connectivity index (χ2n) is 6.09. The van der Waals surface area contributed by atoms with Crippen LogP contribution in [0.25, 0.3) is 0 Å². The third-order valence-corrected chi connectivity index (χ3v) is 5.65. The molecule has 2 fully saturated rings. The van der Waals surface area contributed by atoms with E-state index in [0.29, 0.717) is 16.5 Å². The number of nitrogens with one attached hydrogen (secondary N) is 1. The predicted octanol–water partition coefficient (Wildman–Crippen LogP) is 1.74. The lowest BCUT2D eigenvalue weighted by molar-refractivity contribution is -0.149. The molecule has 8 nitrogen and oxygen atoms in total. The average molecular weight is 373 g/mol. The van der Waals surface area contributed by atoms with Crippen LogP contribution in [0.15, 0.2) is 0 Å². The van der Waals surface area contributed by atoms with Gasteiger partial charge in [0.2, 0.25) is 0 Å². The fourth-order valence-corrected chi connectivity index (χ4v) is 3.85. The summed E-state index contributed by atoms with van der Waals surface area (Å²) in [5, 5.41) is 6.52. The molecule has 2 aliphatic rings. The van der Waals surface area contributed by atoms with Crippen molar-refractivity contribution >= 4 is 41.0 Å². The Balaban J connectivity index is 1.62. The Morgan fingerprint density at radius 2 is 2.29 bits per heavy atom. The van der Waals surface area contributed by atoms with E-state index in [9.17, 15) is 14.4 Å². The lowest BCUT2D eigenvalue weighted by Crippen LogP contribution is -2.54. The van der Waals surface area contributed by atoms with Gasteiger partial charge in [-0.25, -0.2) is 4.79 Å². The second-order valence-corrected chi connectivity index (χ2v) is 7.45. The van der Waals surface area contributed by atoms with Gasteiger partial charge in [-0.05, 0) is 18.8 Å². The molecular formula is C14H17ClN4O4S. The molecule has 2 atom stereocenters. The Morgan fingerprint density at radius 3 is 2.96 bits per heavy atom. The van der Waals surface area contributed by atoms with E-state index in [1.165, 1.54) is 0 Å². The highest BCUT2D eigenvalue weighted by atomic mass is 35.5. The molecule has 0 aromatic carbocycles. The molecule has 1 spiro atoms. The minimum absolute atomic E-state index is 0.0450. The highest BCUT2D eigenvalue weighted by Crippen LogP contribution is 2.38. The molecule has 10 heteroatoms. The van der Waals surface area contributed by atoms with Crippen LogP contribution in [0.1, 0.15) is 38.3 Å². The van der Waals surface area contributed by atoms with Crippen LogP contribution in [-0.2, 0) is 20.9 Å². The number of rotatable bonds is 4. The van der Waals surface area contributed by atoms with Gasteiger partial charge in [0.05, 0.1) is 0 Å². The molecular weight excluding hydrogens is 356 g/mol. The second kappa shape index (κ2) is 6.64. The number of halogens is 1. The van der Waals surface area contributed by atoms with E-state index in [1.807, 2.05) is 6.92 Å². The molecule has 0 radical (unpaired) electrons. The van der Waals surface area contributed by atoms with Gasteiger partial charge in [0.1, 0.15) is 28.7 Å². The average Bonchev–Trinajstić information content (AvgIpc) is 3.06. The maximum atomic E-state index is 12.7. The summed E-state index contributed by atoms with van der Waals surface area (Å²) in [4.78, 5) is 37.8. The Hall–Kier alpha value is -1.74. The molecule has 0 unspecified atom stereocenters. The molecule has 1 aromatic rings. The van der Waals surface area contributed by atoms with Crippen LogP contribution in [0.4, 0.5) is 4.79 Å². The summed E-state index contributed by atoms with van der Waals surface area (Å²) in [6.07, 6.45) is 3.39. The number of hydrogen-bond acceptors (Lipinski definition) is 7. The van der Waals surface area contributed by atoms with E-state index >= 15 is 0 Å². The lowest BCUT2D eigenvalue weighted by Gasteiger charge is -2.36. The molecule has 1 saturated carbocycles. The number of urea groups is 1. The number of imide groups is 1. The number of carbonyl (C=O) groups excluding carboxylic acids is 3. The number of carbonyl (C=O) groups is 3. The third-order valence-electron chi connectivity index (χ3n) is 4.67. The van der Waals surface area contributed by atoms with Gasteiger partial charge in [0, 0.05) is 11.5 Å². The zero-order valence-electron chi connectivity index (χ0n) is 13.1. The van der Waals surface area contributed by atoms with Gasteiger partial charge in [-0.15, -0.1) is 5.10 Å². The lowest BCUT2D eigenvalue weighted by atomic mass is 9.73. The van der Waals surface area contributed by atoms with E-state index in [4.69, 9.17) is 16.3 Å². The molecule has 1 aromatic heterocycles. The fourth-order valence-electron chi connectivity index (χ4n) is 3.25. The number of hydrogen-bond donors (Lipinski definition) is 1. The van der Waals surface area contributed by atoms with Crippen molar-refractivity contribution in [3.63, 3.8) is 0 Å². The molecule has 1 aliphatic heterocycles. The largest absolute Gasteiger partial charge is 0.458 e. The normalized spacial score (nSPS) is 26.8. The Kier molecular flexibility index (Phi) is 4.73. The van der Waals surface area contributed by atoms with Crippen molar-refractivity contribution in [3.8, 4) is 0 Å². The van der Waals surface area contributed by atoms with Crippen LogP contribution in [0.3, 0.4) is 0 Å². The van der Waals surface area contributed by atoms with Gasteiger partial charge >= 0.3 is 12.0 Å². The van der Waals surface area contributed by atoms with Crippen molar-refractivity contribution in [1.82, 2.24) is 19.8 Å². The zero-order valence-corrected chi connectivity index (χ0v) is 14.7. The van der Waals surface area contributed by atoms with Crippen molar-refractivity contribution in [3.05, 3.63) is 10.0 Å². The molecule has 1 aliphatic carbocycles. The summed E-state index contributed by atoms with van der Waals surface area (Å²) in [6.45, 7) is 1.39. The van der Waals surface area contributed by atoms with Crippen molar-refractivity contribution < 1.29 is 19.1 Å². The van der Waals surface area contributed by atoms with Crippen LogP contribution in [0.5, 0.6) is 0 Å². The topological polar surface area (TPSA) is 101 Å². The van der Waals surface area contributed by atoms with E-state index in [2.05, 4.69) is 14.9 Å². The summed E-state index contributed by atoms with van der Waals surface area (Å²) in [6, 6.07) is -0.543. The van der Waals surface area contributed by atoms with Gasteiger partial charge in [-0.3, -0.25) is 14.5 Å². The first kappa shape index (κ1) is 17.1. The monoisotopic (exact) mass is 372 g/mol. The molecule has 130 valence electrons. The smallest absolute Gasteiger partial charge is 0.326 e. The SMILES string of the molecule is C[C@@H]1CCCC[C@]12NC(=O)N(CC(=O)OCc1nnsc1Cl)C2=O. The quantitative estimate of drug-likeness (QED) is 0.638. The van der Waals surface area contributed by atoms with Gasteiger partial charge in [-0.2, -0.15) is 0 Å². The standard InChI is InChI=1S/C14H17ClN4O4S/c1-8-4-2-3-5-14(8)12(21)19(13(22)16-14)6-10(20)23-7-9-11(15)24-18-17-9/h8H,2-7H2,1H3,(H,16,22)/t8-,14+/m1/s1. The predicted molar refractivity (Wildman–Crippen MR) is 85.3 cm³/mol. The van der Waals surface area contributed by atoms with Gasteiger partial charge in [0.25, 0.3) is 5.91 Å². The van der Waals surface area contributed by atoms with Gasteiger partial charge in [-0.1, -0.05) is 35.9 Å². The third kappa shape index (κ3) is 2.98. The number of nitrogens with zero attached hydrogens (tertiary/aromatic N) is 3. The summed E-state index contributed by atoms with van der Waals surface area (Å²) < 4.78 is 9.01. The number of amides is 3. The summed E-state index contributed by atoms with van der Waals surface area (Å²) in [7, 11) is 0. The van der Waals surface area contributed by atoms with Crippen molar-refractivity contribution in [1.29, 1.82) is 0 Å². The maximum Gasteiger partial charge on any atom is 0.326 e. The highest BCUT2D eigenvalue weighted by Gasteiger charge is 2.55. The van der Waals surface area contributed by atoms with E-state index < -0.39 is 24.1 Å². The number of ether oxygens (including phenoxy) is 1. The maximum absolute atomic E-state index is 12.7. The van der Waals surface area contributed by atoms with Crippen LogP contribution in [0.2, 0.25) is 4.34 Å².